The van der Waals surface area contributed by atoms with Gasteiger partial charge in [0.05, 0.1) is 11.3 Å². The lowest BCUT2D eigenvalue weighted by Crippen LogP contribution is -2.44. The number of hydrogen-bond donors (Lipinski definition) is 1. The van der Waals surface area contributed by atoms with Crippen LogP contribution in [-0.2, 0) is 6.18 Å². The molecule has 1 N–H and O–H groups in total. The van der Waals surface area contributed by atoms with E-state index in [0.29, 0.717) is 0 Å². The molecular formula is C18H19F3N4O. The number of likely N-dealkylation sites (N-methyl/N-ethyl adjacent to an activating group) is 1. The highest BCUT2D eigenvalue weighted by molar-refractivity contribution is 6.03. The number of nitrogens with one attached hydrogen (secondary N) is 1. The predicted molar refractivity (Wildman–Crippen MR) is 93.3 cm³/mol. The maximum atomic E-state index is 13.1. The van der Waals surface area contributed by atoms with Crippen LogP contribution in [0.5, 0.6) is 0 Å². The summed E-state index contributed by atoms with van der Waals surface area (Å²) in [6.07, 6.45) is -3.04. The molecule has 3 rings (SSSR count). The van der Waals surface area contributed by atoms with Gasteiger partial charge in [-0.25, -0.2) is 0 Å². The number of alkyl halides is 3. The first-order chi connectivity index (χ1) is 12.3. The summed E-state index contributed by atoms with van der Waals surface area (Å²) < 4.78 is 39.2. The quantitative estimate of drug-likeness (QED) is 0.909. The van der Waals surface area contributed by atoms with Crippen molar-refractivity contribution in [1.29, 1.82) is 0 Å². The average Bonchev–Trinajstić information content (AvgIpc) is 2.62. The van der Waals surface area contributed by atoms with Crippen molar-refractivity contribution in [1.82, 2.24) is 9.88 Å². The van der Waals surface area contributed by atoms with Crippen LogP contribution in [0.25, 0.3) is 0 Å². The molecule has 0 atom stereocenters. The van der Waals surface area contributed by atoms with E-state index < -0.39 is 17.6 Å². The third kappa shape index (κ3) is 4.13. The molecule has 1 saturated heterocycles. The molecule has 0 bridgehead atoms. The van der Waals surface area contributed by atoms with E-state index in [1.807, 2.05) is 7.05 Å². The van der Waals surface area contributed by atoms with E-state index in [0.717, 1.165) is 37.9 Å². The molecule has 2 heterocycles. The van der Waals surface area contributed by atoms with Gasteiger partial charge in [-0.15, -0.1) is 0 Å². The molecule has 1 aromatic heterocycles. The number of carbonyl (C=O) groups excluding carboxylic acids is 1. The molecule has 0 aliphatic carbocycles. The molecule has 138 valence electrons. The fraction of sp³-hybridized carbons (Fsp3) is 0.333. The fourth-order valence-corrected chi connectivity index (χ4v) is 2.83. The Morgan fingerprint density at radius 1 is 1.12 bits per heavy atom. The molecule has 1 aliphatic rings. The number of benzene rings is 1. The number of halogens is 3. The Hall–Kier alpha value is -2.61. The molecule has 1 amide bonds. The largest absolute Gasteiger partial charge is 0.418 e. The zero-order valence-corrected chi connectivity index (χ0v) is 14.3. The van der Waals surface area contributed by atoms with Crippen molar-refractivity contribution in [3.63, 3.8) is 0 Å². The van der Waals surface area contributed by atoms with Crippen LogP contribution in [0.1, 0.15) is 16.1 Å². The first-order valence-corrected chi connectivity index (χ1v) is 8.22. The Balaban J connectivity index is 1.78. The van der Waals surface area contributed by atoms with Gasteiger partial charge in [-0.2, -0.15) is 13.2 Å². The van der Waals surface area contributed by atoms with Gasteiger partial charge in [0.1, 0.15) is 5.69 Å². The van der Waals surface area contributed by atoms with Crippen LogP contribution < -0.4 is 10.2 Å². The van der Waals surface area contributed by atoms with Crippen molar-refractivity contribution < 1.29 is 18.0 Å². The van der Waals surface area contributed by atoms with E-state index in [-0.39, 0.29) is 11.4 Å². The summed E-state index contributed by atoms with van der Waals surface area (Å²) in [6, 6.07) is 8.29. The summed E-state index contributed by atoms with van der Waals surface area (Å²) in [5.41, 5.74) is -0.249. The topological polar surface area (TPSA) is 48.5 Å². The van der Waals surface area contributed by atoms with Crippen molar-refractivity contribution >= 4 is 17.3 Å². The SMILES string of the molecule is CN1CCN(c2ccnc(C(=O)Nc3ccccc3C(F)(F)F)c2)CC1. The minimum atomic E-state index is -4.54. The number of para-hydroxylation sites is 1. The lowest BCUT2D eigenvalue weighted by molar-refractivity contribution is -0.136. The van der Waals surface area contributed by atoms with E-state index in [1.54, 1.807) is 12.1 Å². The summed E-state index contributed by atoms with van der Waals surface area (Å²) in [5, 5.41) is 2.32. The highest BCUT2D eigenvalue weighted by atomic mass is 19.4. The van der Waals surface area contributed by atoms with Gasteiger partial charge in [0.15, 0.2) is 0 Å². The Labute approximate surface area is 149 Å². The number of carbonyl (C=O) groups is 1. The predicted octanol–water partition coefficient (Wildman–Crippen LogP) is 3.10. The maximum absolute atomic E-state index is 13.1. The van der Waals surface area contributed by atoms with Crippen LogP contribution in [0.2, 0.25) is 0 Å². The van der Waals surface area contributed by atoms with Gasteiger partial charge >= 0.3 is 6.18 Å². The second-order valence-electron chi connectivity index (χ2n) is 6.19. The molecule has 5 nitrogen and oxygen atoms in total. The Kier molecular flexibility index (Phi) is 5.13. The number of nitrogens with zero attached hydrogens (tertiary/aromatic N) is 3. The van der Waals surface area contributed by atoms with E-state index >= 15 is 0 Å². The molecule has 0 unspecified atom stereocenters. The molecule has 0 radical (unpaired) electrons. The monoisotopic (exact) mass is 364 g/mol. The standard InChI is InChI=1S/C18H19F3N4O/c1-24-8-10-25(11-9-24)13-6-7-22-16(12-13)17(26)23-15-5-3-2-4-14(15)18(19,20)21/h2-7,12H,8-11H2,1H3,(H,23,26). The van der Waals surface area contributed by atoms with Crippen molar-refractivity contribution in [3.05, 3.63) is 53.9 Å². The number of amides is 1. The van der Waals surface area contributed by atoms with Crippen LogP contribution in [0.3, 0.4) is 0 Å². The van der Waals surface area contributed by atoms with Gasteiger partial charge in [-0.1, -0.05) is 12.1 Å². The lowest BCUT2D eigenvalue weighted by Gasteiger charge is -2.34. The van der Waals surface area contributed by atoms with Crippen molar-refractivity contribution in [2.45, 2.75) is 6.18 Å². The van der Waals surface area contributed by atoms with Crippen LogP contribution >= 0.6 is 0 Å². The summed E-state index contributed by atoms with van der Waals surface area (Å²) in [5.74, 6) is -0.669. The summed E-state index contributed by atoms with van der Waals surface area (Å²) in [6.45, 7) is 3.45. The van der Waals surface area contributed by atoms with E-state index in [2.05, 4.69) is 20.1 Å². The number of hydrogen-bond acceptors (Lipinski definition) is 4. The molecule has 1 aromatic carbocycles. The summed E-state index contributed by atoms with van der Waals surface area (Å²) in [7, 11) is 2.04. The first kappa shape index (κ1) is 18.2. The molecule has 0 spiro atoms. The van der Waals surface area contributed by atoms with E-state index in [1.165, 1.54) is 24.4 Å². The van der Waals surface area contributed by atoms with E-state index in [9.17, 15) is 18.0 Å². The van der Waals surface area contributed by atoms with Gasteiger partial charge in [0.25, 0.3) is 5.91 Å². The Morgan fingerprint density at radius 2 is 1.81 bits per heavy atom. The van der Waals surface area contributed by atoms with E-state index in [4.69, 9.17) is 0 Å². The van der Waals surface area contributed by atoms with Crippen LogP contribution in [0, 0.1) is 0 Å². The molecule has 0 saturated carbocycles. The van der Waals surface area contributed by atoms with Crippen LogP contribution in [0.15, 0.2) is 42.6 Å². The number of rotatable bonds is 3. The first-order valence-electron chi connectivity index (χ1n) is 8.22. The maximum Gasteiger partial charge on any atom is 0.418 e. The minimum absolute atomic E-state index is 0.0819. The summed E-state index contributed by atoms with van der Waals surface area (Å²) >= 11 is 0. The number of pyridine rings is 1. The molecule has 8 heteroatoms. The highest BCUT2D eigenvalue weighted by Crippen LogP contribution is 2.34. The van der Waals surface area contributed by atoms with Crippen LogP contribution in [-0.4, -0.2) is 49.0 Å². The third-order valence-electron chi connectivity index (χ3n) is 4.33. The number of aromatic nitrogens is 1. The molecule has 2 aromatic rings. The second kappa shape index (κ2) is 7.33. The Bertz CT molecular complexity index is 786. The Morgan fingerprint density at radius 3 is 2.50 bits per heavy atom. The summed E-state index contributed by atoms with van der Waals surface area (Å²) in [4.78, 5) is 20.8. The average molecular weight is 364 g/mol. The molecule has 26 heavy (non-hydrogen) atoms. The van der Waals surface area contributed by atoms with Crippen molar-refractivity contribution in [2.75, 3.05) is 43.4 Å². The zero-order valence-electron chi connectivity index (χ0n) is 14.3. The van der Waals surface area contributed by atoms with Crippen molar-refractivity contribution in [3.8, 4) is 0 Å². The van der Waals surface area contributed by atoms with Gasteiger partial charge in [0.2, 0.25) is 0 Å². The normalized spacial score (nSPS) is 15.8. The van der Waals surface area contributed by atoms with Gasteiger partial charge < -0.3 is 15.1 Å². The van der Waals surface area contributed by atoms with Gasteiger partial charge in [-0.3, -0.25) is 9.78 Å². The van der Waals surface area contributed by atoms with Crippen LogP contribution in [0.4, 0.5) is 24.5 Å². The number of piperazine rings is 1. The van der Waals surface area contributed by atoms with Crippen molar-refractivity contribution in [2.24, 2.45) is 0 Å². The lowest BCUT2D eigenvalue weighted by atomic mass is 10.1. The smallest absolute Gasteiger partial charge is 0.369 e. The fourth-order valence-electron chi connectivity index (χ4n) is 2.83. The third-order valence-corrected chi connectivity index (χ3v) is 4.33. The highest BCUT2D eigenvalue weighted by Gasteiger charge is 2.33. The van der Waals surface area contributed by atoms with Gasteiger partial charge in [0, 0.05) is 38.1 Å². The zero-order chi connectivity index (χ0) is 18.7. The molecule has 1 fully saturated rings. The second-order valence-corrected chi connectivity index (χ2v) is 6.19. The number of anilines is 2. The molecular weight excluding hydrogens is 345 g/mol. The minimum Gasteiger partial charge on any atom is -0.369 e. The van der Waals surface area contributed by atoms with Gasteiger partial charge in [-0.05, 0) is 31.3 Å². The molecule has 1 aliphatic heterocycles.